The van der Waals surface area contributed by atoms with Gasteiger partial charge in [0.15, 0.2) is 0 Å². The SMILES string of the molecule is Cc1cc(-c2ncnc3c2CC(c2cnn(C)c2)=C3)ccc1CCC(=O)N1CC(OC(C)C)C1. The molecular formula is C27H31N5O2. The maximum atomic E-state index is 12.5. The van der Waals surface area contributed by atoms with Crippen molar-refractivity contribution in [2.45, 2.75) is 52.2 Å². The van der Waals surface area contributed by atoms with Crippen LogP contribution in [0, 0.1) is 6.92 Å². The Labute approximate surface area is 200 Å². The minimum atomic E-state index is 0.188. The molecule has 1 aromatic carbocycles. The molecule has 7 nitrogen and oxygen atoms in total. The van der Waals surface area contributed by atoms with Crippen LogP contribution in [0.25, 0.3) is 22.9 Å². The number of aromatic nitrogens is 4. The van der Waals surface area contributed by atoms with Crippen molar-refractivity contribution in [3.63, 3.8) is 0 Å². The van der Waals surface area contributed by atoms with Crippen LogP contribution in [0.15, 0.2) is 36.9 Å². The van der Waals surface area contributed by atoms with E-state index in [-0.39, 0.29) is 18.1 Å². The van der Waals surface area contributed by atoms with Gasteiger partial charge >= 0.3 is 0 Å². The van der Waals surface area contributed by atoms with Gasteiger partial charge in [0.1, 0.15) is 6.33 Å². The quantitative estimate of drug-likeness (QED) is 0.539. The molecule has 2 aromatic heterocycles. The van der Waals surface area contributed by atoms with Crippen LogP contribution in [-0.4, -0.2) is 55.9 Å². The summed E-state index contributed by atoms with van der Waals surface area (Å²) in [7, 11) is 1.93. The Morgan fingerprint density at radius 3 is 2.74 bits per heavy atom. The van der Waals surface area contributed by atoms with Crippen molar-refractivity contribution in [2.24, 2.45) is 7.05 Å². The van der Waals surface area contributed by atoms with Gasteiger partial charge in [-0.2, -0.15) is 5.10 Å². The summed E-state index contributed by atoms with van der Waals surface area (Å²) >= 11 is 0. The maximum absolute atomic E-state index is 12.5. The third-order valence-corrected chi connectivity index (χ3v) is 6.62. The monoisotopic (exact) mass is 457 g/mol. The van der Waals surface area contributed by atoms with Crippen LogP contribution in [-0.2, 0) is 29.4 Å². The topological polar surface area (TPSA) is 73.1 Å². The zero-order valence-electron chi connectivity index (χ0n) is 20.3. The average molecular weight is 458 g/mol. The highest BCUT2D eigenvalue weighted by molar-refractivity contribution is 5.89. The van der Waals surface area contributed by atoms with Gasteiger partial charge in [-0.25, -0.2) is 9.97 Å². The molecule has 1 aliphatic carbocycles. The summed E-state index contributed by atoms with van der Waals surface area (Å²) in [5.41, 5.74) is 8.90. The summed E-state index contributed by atoms with van der Waals surface area (Å²) in [4.78, 5) is 23.6. The first kappa shape index (κ1) is 22.5. The fourth-order valence-electron chi connectivity index (χ4n) is 4.79. The number of aryl methyl sites for hydroxylation is 3. The summed E-state index contributed by atoms with van der Waals surface area (Å²) in [5.74, 6) is 0.203. The van der Waals surface area contributed by atoms with Gasteiger partial charge in [-0.15, -0.1) is 0 Å². The third-order valence-electron chi connectivity index (χ3n) is 6.62. The van der Waals surface area contributed by atoms with Gasteiger partial charge < -0.3 is 9.64 Å². The van der Waals surface area contributed by atoms with E-state index in [1.54, 1.807) is 6.33 Å². The summed E-state index contributed by atoms with van der Waals surface area (Å²) in [6, 6.07) is 6.44. The minimum Gasteiger partial charge on any atom is -0.372 e. The van der Waals surface area contributed by atoms with Gasteiger partial charge in [0.05, 0.1) is 29.8 Å². The lowest BCUT2D eigenvalue weighted by Gasteiger charge is -2.40. The number of fused-ring (bicyclic) bond motifs is 1. The molecule has 0 saturated carbocycles. The third kappa shape index (κ3) is 4.53. The molecule has 34 heavy (non-hydrogen) atoms. The van der Waals surface area contributed by atoms with Crippen LogP contribution in [0.2, 0.25) is 0 Å². The molecule has 1 saturated heterocycles. The van der Waals surface area contributed by atoms with Crippen LogP contribution in [0.5, 0.6) is 0 Å². The predicted molar refractivity (Wildman–Crippen MR) is 132 cm³/mol. The first-order chi connectivity index (χ1) is 16.4. The molecule has 176 valence electrons. The highest BCUT2D eigenvalue weighted by atomic mass is 16.5. The Morgan fingerprint density at radius 2 is 2.03 bits per heavy atom. The maximum Gasteiger partial charge on any atom is 0.223 e. The van der Waals surface area contributed by atoms with Crippen LogP contribution in [0.4, 0.5) is 0 Å². The fourth-order valence-corrected chi connectivity index (χ4v) is 4.79. The molecule has 0 N–H and O–H groups in total. The molecule has 0 atom stereocenters. The number of likely N-dealkylation sites (tertiary alicyclic amines) is 1. The second-order valence-electron chi connectivity index (χ2n) is 9.58. The van der Waals surface area contributed by atoms with Crippen molar-refractivity contribution in [2.75, 3.05) is 13.1 Å². The van der Waals surface area contributed by atoms with Gasteiger partial charge in [0.25, 0.3) is 0 Å². The van der Waals surface area contributed by atoms with Crippen LogP contribution in [0.3, 0.4) is 0 Å². The molecule has 1 aliphatic heterocycles. The number of carbonyl (C=O) groups is 1. The number of rotatable bonds is 7. The standard InChI is InChI=1S/C27H31N5O2/c1-17(2)34-23-14-32(15-23)26(33)8-7-19-5-6-20(9-18(19)3)27-24-10-21(11-25(24)28-16-29-27)22-12-30-31(4)13-22/h5-6,9,11-13,16-17,23H,7-8,10,14-15H2,1-4H3. The first-order valence-corrected chi connectivity index (χ1v) is 11.9. The van der Waals surface area contributed by atoms with E-state index < -0.39 is 0 Å². The zero-order valence-corrected chi connectivity index (χ0v) is 20.3. The van der Waals surface area contributed by atoms with Crippen molar-refractivity contribution < 1.29 is 9.53 Å². The molecular weight excluding hydrogens is 426 g/mol. The van der Waals surface area contributed by atoms with Gasteiger partial charge in [0, 0.05) is 55.9 Å². The van der Waals surface area contributed by atoms with E-state index in [1.165, 1.54) is 16.7 Å². The number of allylic oxidation sites excluding steroid dienone is 1. The van der Waals surface area contributed by atoms with Crippen molar-refractivity contribution >= 4 is 17.6 Å². The van der Waals surface area contributed by atoms with Gasteiger partial charge in [-0.1, -0.05) is 12.1 Å². The van der Waals surface area contributed by atoms with E-state index in [2.05, 4.69) is 46.3 Å². The molecule has 0 radical (unpaired) electrons. The first-order valence-electron chi connectivity index (χ1n) is 11.9. The van der Waals surface area contributed by atoms with E-state index in [4.69, 9.17) is 4.74 Å². The summed E-state index contributed by atoms with van der Waals surface area (Å²) in [6.45, 7) is 7.59. The molecule has 3 heterocycles. The lowest BCUT2D eigenvalue weighted by atomic mass is 9.96. The van der Waals surface area contributed by atoms with Crippen LogP contribution < -0.4 is 0 Å². The molecule has 1 fully saturated rings. The molecule has 3 aromatic rings. The molecule has 2 aliphatic rings. The summed E-state index contributed by atoms with van der Waals surface area (Å²) in [6.07, 6.45) is 10.2. The smallest absolute Gasteiger partial charge is 0.223 e. The number of nitrogens with zero attached hydrogens (tertiary/aromatic N) is 5. The fraction of sp³-hybridized carbons (Fsp3) is 0.407. The van der Waals surface area contributed by atoms with Gasteiger partial charge in [-0.3, -0.25) is 9.48 Å². The van der Waals surface area contributed by atoms with E-state index in [9.17, 15) is 4.79 Å². The zero-order chi connectivity index (χ0) is 23.8. The highest BCUT2D eigenvalue weighted by Crippen LogP contribution is 2.35. The van der Waals surface area contributed by atoms with E-state index in [1.807, 2.05) is 42.9 Å². The second-order valence-corrected chi connectivity index (χ2v) is 9.58. The molecule has 0 unspecified atom stereocenters. The average Bonchev–Trinajstić information content (AvgIpc) is 3.40. The Kier molecular flexibility index (Phi) is 6.04. The second kappa shape index (κ2) is 9.14. The summed E-state index contributed by atoms with van der Waals surface area (Å²) < 4.78 is 7.57. The Hall–Kier alpha value is -3.32. The lowest BCUT2D eigenvalue weighted by molar-refractivity contribution is -0.148. The molecule has 5 rings (SSSR count). The van der Waals surface area contributed by atoms with Crippen LogP contribution >= 0.6 is 0 Å². The largest absolute Gasteiger partial charge is 0.372 e. The Bertz CT molecular complexity index is 1250. The lowest BCUT2D eigenvalue weighted by Crippen LogP contribution is -2.55. The van der Waals surface area contributed by atoms with Crippen LogP contribution in [0.1, 0.15) is 48.2 Å². The highest BCUT2D eigenvalue weighted by Gasteiger charge is 2.31. The molecule has 1 amide bonds. The normalized spacial score (nSPS) is 15.4. The van der Waals surface area contributed by atoms with Gasteiger partial charge in [-0.05, 0) is 56.0 Å². The Balaban J connectivity index is 1.24. The number of ether oxygens (including phenoxy) is 1. The summed E-state index contributed by atoms with van der Waals surface area (Å²) in [5, 5.41) is 4.30. The Morgan fingerprint density at radius 1 is 1.21 bits per heavy atom. The van der Waals surface area contributed by atoms with E-state index >= 15 is 0 Å². The number of hydrogen-bond donors (Lipinski definition) is 0. The van der Waals surface area contributed by atoms with Crippen molar-refractivity contribution in [3.05, 3.63) is 64.9 Å². The molecule has 0 bridgehead atoms. The van der Waals surface area contributed by atoms with Crippen molar-refractivity contribution in [1.29, 1.82) is 0 Å². The predicted octanol–water partition coefficient (Wildman–Crippen LogP) is 3.85. The number of carbonyl (C=O) groups excluding carboxylic acids is 1. The van der Waals surface area contributed by atoms with Crippen molar-refractivity contribution in [1.82, 2.24) is 24.6 Å². The number of hydrogen-bond acceptors (Lipinski definition) is 5. The minimum absolute atomic E-state index is 0.188. The number of benzene rings is 1. The molecule has 7 heteroatoms. The van der Waals surface area contributed by atoms with E-state index in [0.29, 0.717) is 19.5 Å². The number of amides is 1. The van der Waals surface area contributed by atoms with Gasteiger partial charge in [0.2, 0.25) is 5.91 Å². The van der Waals surface area contributed by atoms with Crippen molar-refractivity contribution in [3.8, 4) is 11.3 Å². The molecule has 0 spiro atoms. The van der Waals surface area contributed by atoms with E-state index in [0.717, 1.165) is 40.9 Å².